The number of aryl methyl sites for hydroxylation is 1. The molecule has 0 atom stereocenters. The molecule has 0 bridgehead atoms. The maximum absolute atomic E-state index is 8.47. The molecule has 0 saturated carbocycles. The van der Waals surface area contributed by atoms with Crippen LogP contribution in [0.3, 0.4) is 0 Å². The topological polar surface area (TPSA) is 108 Å². The molecule has 1 aromatic carbocycles. The summed E-state index contributed by atoms with van der Waals surface area (Å²) in [4.78, 5) is 4.78. The first kappa shape index (κ1) is 13.2. The van der Waals surface area contributed by atoms with Gasteiger partial charge in [-0.3, -0.25) is 0 Å². The highest BCUT2D eigenvalue weighted by atomic mass is 16.6. The molecule has 0 aliphatic carbocycles. The van der Waals surface area contributed by atoms with Crippen molar-refractivity contribution in [2.45, 2.75) is 13.5 Å². The van der Waals surface area contributed by atoms with Crippen molar-refractivity contribution in [3.05, 3.63) is 35.7 Å². The van der Waals surface area contributed by atoms with Crippen molar-refractivity contribution in [2.24, 2.45) is 5.16 Å². The van der Waals surface area contributed by atoms with E-state index >= 15 is 0 Å². The molecule has 20 heavy (non-hydrogen) atoms. The number of rotatable bonds is 4. The number of hydrogen-bond acceptors (Lipinski definition) is 7. The third-order valence-electron chi connectivity index (χ3n) is 2.29. The summed E-state index contributed by atoms with van der Waals surface area (Å²) >= 11 is 0. The van der Waals surface area contributed by atoms with Gasteiger partial charge in [-0.2, -0.15) is 10.5 Å². The maximum atomic E-state index is 8.47. The van der Waals surface area contributed by atoms with Gasteiger partial charge in [-0.1, -0.05) is 22.9 Å². The summed E-state index contributed by atoms with van der Waals surface area (Å²) in [5.74, 6) is 0.581. The quantitative estimate of drug-likeness (QED) is 0.618. The fourth-order valence-electron chi connectivity index (χ4n) is 1.42. The number of oxime groups is 1. The van der Waals surface area contributed by atoms with Crippen LogP contribution in [0.25, 0.3) is 11.5 Å². The Kier molecular flexibility index (Phi) is 4.05. The van der Waals surface area contributed by atoms with Crippen LogP contribution in [0.4, 0.5) is 0 Å². The summed E-state index contributed by atoms with van der Waals surface area (Å²) in [5.41, 5.74) is 1.51. The summed E-state index contributed by atoms with van der Waals surface area (Å²) in [6.07, 6.45) is 0. The Balaban J connectivity index is 2.05. The van der Waals surface area contributed by atoms with Crippen molar-refractivity contribution >= 4 is 5.71 Å². The summed E-state index contributed by atoms with van der Waals surface area (Å²) in [5, 5.41) is 27.9. The maximum Gasteiger partial charge on any atom is 0.257 e. The van der Waals surface area contributed by atoms with E-state index in [0.717, 1.165) is 11.1 Å². The summed E-state index contributed by atoms with van der Waals surface area (Å²) in [6, 6.07) is 10.8. The van der Waals surface area contributed by atoms with Gasteiger partial charge in [0.1, 0.15) is 12.1 Å². The zero-order chi connectivity index (χ0) is 14.4. The molecule has 0 N–H and O–H groups in total. The Hall–Kier alpha value is -3.19. The molecule has 0 saturated heterocycles. The fourth-order valence-corrected chi connectivity index (χ4v) is 1.42. The standard InChI is InChI=1S/C13H9N5O2/c1-9-3-2-4-10(5-9)13-17-16-12(20-13)8-19-18-11(6-14)7-15/h2-5H,8H2,1H3. The van der Waals surface area contributed by atoms with E-state index in [1.807, 2.05) is 31.2 Å². The van der Waals surface area contributed by atoms with Gasteiger partial charge in [0.2, 0.25) is 5.89 Å². The van der Waals surface area contributed by atoms with Gasteiger partial charge in [0, 0.05) is 5.56 Å². The Bertz CT molecular complexity index is 705. The van der Waals surface area contributed by atoms with Crippen LogP contribution in [0.15, 0.2) is 33.8 Å². The monoisotopic (exact) mass is 267 g/mol. The highest BCUT2D eigenvalue weighted by molar-refractivity contribution is 6.09. The second-order valence-electron chi connectivity index (χ2n) is 3.81. The van der Waals surface area contributed by atoms with Gasteiger partial charge in [0.15, 0.2) is 6.61 Å². The van der Waals surface area contributed by atoms with Crippen molar-refractivity contribution in [3.63, 3.8) is 0 Å². The molecule has 1 heterocycles. The molecule has 0 spiro atoms. The molecule has 0 fully saturated rings. The van der Waals surface area contributed by atoms with Crippen molar-refractivity contribution in [1.29, 1.82) is 10.5 Å². The lowest BCUT2D eigenvalue weighted by Gasteiger charge is -1.96. The van der Waals surface area contributed by atoms with E-state index in [0.29, 0.717) is 5.89 Å². The number of nitriles is 2. The van der Waals surface area contributed by atoms with Gasteiger partial charge in [-0.15, -0.1) is 10.2 Å². The predicted octanol–water partition coefficient (Wildman–Crippen LogP) is 1.96. The van der Waals surface area contributed by atoms with Crippen LogP contribution in [0.5, 0.6) is 0 Å². The summed E-state index contributed by atoms with van der Waals surface area (Å²) in [6.45, 7) is 1.86. The first-order valence-electron chi connectivity index (χ1n) is 5.62. The molecule has 7 nitrogen and oxygen atoms in total. The fraction of sp³-hybridized carbons (Fsp3) is 0.154. The minimum absolute atomic E-state index is 0.105. The van der Waals surface area contributed by atoms with E-state index in [1.54, 1.807) is 12.1 Å². The lowest BCUT2D eigenvalue weighted by Crippen LogP contribution is -1.93. The molecule has 0 radical (unpaired) electrons. The molecule has 0 aliphatic heterocycles. The third-order valence-corrected chi connectivity index (χ3v) is 2.29. The molecular formula is C13H9N5O2. The van der Waals surface area contributed by atoms with Gasteiger partial charge in [-0.05, 0) is 19.1 Å². The molecule has 2 rings (SSSR count). The van der Waals surface area contributed by atoms with Crippen molar-refractivity contribution in [3.8, 4) is 23.6 Å². The lowest BCUT2D eigenvalue weighted by atomic mass is 10.1. The normalized spacial score (nSPS) is 9.35. The first-order valence-corrected chi connectivity index (χ1v) is 5.62. The number of benzene rings is 1. The van der Waals surface area contributed by atoms with E-state index < -0.39 is 0 Å². The largest absolute Gasteiger partial charge is 0.417 e. The second kappa shape index (κ2) is 6.12. The molecule has 0 aliphatic rings. The molecular weight excluding hydrogens is 258 g/mol. The van der Waals surface area contributed by atoms with Gasteiger partial charge in [0.05, 0.1) is 0 Å². The second-order valence-corrected chi connectivity index (χ2v) is 3.81. The van der Waals surface area contributed by atoms with Gasteiger partial charge < -0.3 is 9.25 Å². The van der Waals surface area contributed by atoms with Crippen molar-refractivity contribution in [2.75, 3.05) is 0 Å². The highest BCUT2D eigenvalue weighted by Crippen LogP contribution is 2.18. The van der Waals surface area contributed by atoms with E-state index in [-0.39, 0.29) is 18.2 Å². The zero-order valence-corrected chi connectivity index (χ0v) is 10.6. The Morgan fingerprint density at radius 3 is 2.85 bits per heavy atom. The van der Waals surface area contributed by atoms with Gasteiger partial charge >= 0.3 is 0 Å². The van der Waals surface area contributed by atoms with Crippen LogP contribution < -0.4 is 0 Å². The third kappa shape index (κ3) is 3.18. The van der Waals surface area contributed by atoms with Crippen LogP contribution in [-0.2, 0) is 11.4 Å². The highest BCUT2D eigenvalue weighted by Gasteiger charge is 2.09. The van der Waals surface area contributed by atoms with E-state index in [9.17, 15) is 0 Å². The Labute approximate surface area is 114 Å². The minimum Gasteiger partial charge on any atom is -0.417 e. The van der Waals surface area contributed by atoms with Crippen molar-refractivity contribution < 1.29 is 9.25 Å². The Morgan fingerprint density at radius 1 is 1.35 bits per heavy atom. The lowest BCUT2D eigenvalue weighted by molar-refractivity contribution is 0.112. The first-order chi connectivity index (χ1) is 9.72. The van der Waals surface area contributed by atoms with Crippen LogP contribution >= 0.6 is 0 Å². The van der Waals surface area contributed by atoms with Gasteiger partial charge in [0.25, 0.3) is 11.6 Å². The number of aromatic nitrogens is 2. The van der Waals surface area contributed by atoms with Crippen LogP contribution in [0, 0.1) is 29.6 Å². The number of hydrogen-bond donors (Lipinski definition) is 0. The SMILES string of the molecule is Cc1cccc(-c2nnc(CON=C(C#N)C#N)o2)c1. The van der Waals surface area contributed by atoms with Crippen LogP contribution in [0.1, 0.15) is 11.5 Å². The average Bonchev–Trinajstić information content (AvgIpc) is 2.92. The molecule has 1 aromatic heterocycles. The number of nitrogens with zero attached hydrogens (tertiary/aromatic N) is 5. The van der Waals surface area contributed by atoms with E-state index in [2.05, 4.69) is 15.4 Å². The molecule has 7 heteroatoms. The minimum atomic E-state index is -0.372. The summed E-state index contributed by atoms with van der Waals surface area (Å²) < 4.78 is 5.39. The molecule has 2 aromatic rings. The smallest absolute Gasteiger partial charge is 0.257 e. The summed E-state index contributed by atoms with van der Waals surface area (Å²) in [7, 11) is 0. The molecule has 0 unspecified atom stereocenters. The van der Waals surface area contributed by atoms with Gasteiger partial charge in [-0.25, -0.2) is 0 Å². The average molecular weight is 267 g/mol. The van der Waals surface area contributed by atoms with Crippen LogP contribution in [0.2, 0.25) is 0 Å². The van der Waals surface area contributed by atoms with Crippen molar-refractivity contribution in [1.82, 2.24) is 10.2 Å². The van der Waals surface area contributed by atoms with E-state index in [1.165, 1.54) is 0 Å². The molecule has 0 amide bonds. The van der Waals surface area contributed by atoms with E-state index in [4.69, 9.17) is 19.8 Å². The van der Waals surface area contributed by atoms with Crippen LogP contribution in [-0.4, -0.2) is 15.9 Å². The zero-order valence-electron chi connectivity index (χ0n) is 10.6. The molecule has 98 valence electrons. The predicted molar refractivity (Wildman–Crippen MR) is 67.9 cm³/mol. The Morgan fingerprint density at radius 2 is 2.15 bits per heavy atom.